The lowest BCUT2D eigenvalue weighted by Crippen LogP contribution is -2.47. The fraction of sp³-hybridized carbons (Fsp3) is 0.455. The molecule has 1 aromatic heterocycles. The normalized spacial score (nSPS) is 21.6. The lowest BCUT2D eigenvalue weighted by molar-refractivity contribution is -0.138. The molecule has 2 aliphatic rings. The van der Waals surface area contributed by atoms with Crippen molar-refractivity contribution in [1.82, 2.24) is 14.9 Å². The number of ether oxygens (including phenoxy) is 1. The Bertz CT molecular complexity index is 905. The second kappa shape index (κ2) is 8.69. The van der Waals surface area contributed by atoms with E-state index in [0.29, 0.717) is 31.3 Å². The van der Waals surface area contributed by atoms with E-state index < -0.39 is 0 Å². The molecule has 0 saturated carbocycles. The quantitative estimate of drug-likeness (QED) is 0.751. The van der Waals surface area contributed by atoms with Gasteiger partial charge in [-0.25, -0.2) is 9.97 Å². The summed E-state index contributed by atoms with van der Waals surface area (Å²) in [7, 11) is 3.78. The summed E-state index contributed by atoms with van der Waals surface area (Å²) in [6.45, 7) is 1.62. The van der Waals surface area contributed by atoms with Crippen LogP contribution in [0.4, 0.5) is 11.5 Å². The van der Waals surface area contributed by atoms with Gasteiger partial charge in [0, 0.05) is 51.7 Å². The number of carbonyl (C=O) groups excluding carboxylic acids is 2. The molecule has 30 heavy (non-hydrogen) atoms. The molecule has 2 saturated heterocycles. The van der Waals surface area contributed by atoms with Gasteiger partial charge in [0.2, 0.25) is 11.8 Å². The minimum atomic E-state index is -0.315. The molecule has 2 amide bonds. The SMILES string of the molecule is CN(C)c1nccnc1OC1CCCN(C(=O)C2CC(=O)N(c3ccccc3)C2)C1. The van der Waals surface area contributed by atoms with Crippen molar-refractivity contribution in [1.29, 1.82) is 0 Å². The number of para-hydroxylation sites is 1. The molecule has 2 fully saturated rings. The molecule has 0 N–H and O–H groups in total. The Morgan fingerprint density at radius 3 is 2.67 bits per heavy atom. The molecular formula is C22H27N5O3. The molecule has 3 heterocycles. The molecule has 8 nitrogen and oxygen atoms in total. The summed E-state index contributed by atoms with van der Waals surface area (Å²) in [4.78, 5) is 39.7. The van der Waals surface area contributed by atoms with E-state index >= 15 is 0 Å². The van der Waals surface area contributed by atoms with E-state index in [4.69, 9.17) is 4.74 Å². The third-order valence-corrected chi connectivity index (χ3v) is 5.58. The van der Waals surface area contributed by atoms with Crippen LogP contribution in [0.25, 0.3) is 0 Å². The Labute approximate surface area is 176 Å². The van der Waals surface area contributed by atoms with E-state index in [1.807, 2.05) is 54.2 Å². The number of likely N-dealkylation sites (tertiary alicyclic amines) is 1. The van der Waals surface area contributed by atoms with E-state index in [1.165, 1.54) is 0 Å². The van der Waals surface area contributed by atoms with E-state index in [-0.39, 0.29) is 30.3 Å². The van der Waals surface area contributed by atoms with Crippen molar-refractivity contribution in [3.63, 3.8) is 0 Å². The second-order valence-electron chi connectivity index (χ2n) is 7.99. The molecule has 8 heteroatoms. The van der Waals surface area contributed by atoms with Crippen molar-refractivity contribution in [3.05, 3.63) is 42.7 Å². The highest BCUT2D eigenvalue weighted by molar-refractivity contribution is 6.00. The van der Waals surface area contributed by atoms with Crippen LogP contribution in [0.3, 0.4) is 0 Å². The van der Waals surface area contributed by atoms with Gasteiger partial charge < -0.3 is 19.4 Å². The zero-order chi connectivity index (χ0) is 21.1. The average Bonchev–Trinajstić information content (AvgIpc) is 3.16. The molecule has 0 radical (unpaired) electrons. The van der Waals surface area contributed by atoms with Crippen molar-refractivity contribution < 1.29 is 14.3 Å². The standard InChI is InChI=1S/C22H27N5O3/c1-25(2)20-21(24-11-10-23-20)30-18-9-6-12-26(15-18)22(29)16-13-19(28)27(14-16)17-7-4-3-5-8-17/h3-5,7-8,10-11,16,18H,6,9,12-15H2,1-2H3. The molecular weight excluding hydrogens is 382 g/mol. The van der Waals surface area contributed by atoms with Crippen LogP contribution in [0.15, 0.2) is 42.7 Å². The molecule has 2 aromatic rings. The highest BCUT2D eigenvalue weighted by atomic mass is 16.5. The number of hydrogen-bond acceptors (Lipinski definition) is 6. The first kappa shape index (κ1) is 20.1. The molecule has 4 rings (SSSR count). The van der Waals surface area contributed by atoms with Crippen LogP contribution in [0.2, 0.25) is 0 Å². The van der Waals surface area contributed by atoms with E-state index in [2.05, 4.69) is 9.97 Å². The zero-order valence-corrected chi connectivity index (χ0v) is 17.4. The highest BCUT2D eigenvalue weighted by Gasteiger charge is 2.38. The Balaban J connectivity index is 1.40. The Hall–Kier alpha value is -3.16. The van der Waals surface area contributed by atoms with Gasteiger partial charge in [-0.3, -0.25) is 9.59 Å². The third-order valence-electron chi connectivity index (χ3n) is 5.58. The summed E-state index contributed by atoms with van der Waals surface area (Å²) < 4.78 is 6.12. The van der Waals surface area contributed by atoms with Gasteiger partial charge in [-0.05, 0) is 25.0 Å². The molecule has 2 atom stereocenters. The largest absolute Gasteiger partial charge is 0.470 e. The number of amides is 2. The van der Waals surface area contributed by atoms with Gasteiger partial charge in [-0.15, -0.1) is 0 Å². The third kappa shape index (κ3) is 4.22. The number of hydrogen-bond donors (Lipinski definition) is 0. The van der Waals surface area contributed by atoms with E-state index in [1.54, 1.807) is 17.3 Å². The minimum absolute atomic E-state index is 0.000422. The summed E-state index contributed by atoms with van der Waals surface area (Å²) in [6.07, 6.45) is 5.07. The minimum Gasteiger partial charge on any atom is -0.470 e. The number of benzene rings is 1. The molecule has 158 valence electrons. The number of piperidine rings is 1. The lowest BCUT2D eigenvalue weighted by Gasteiger charge is -2.34. The summed E-state index contributed by atoms with van der Waals surface area (Å²) >= 11 is 0. The first-order valence-electron chi connectivity index (χ1n) is 10.3. The fourth-order valence-corrected chi connectivity index (χ4v) is 4.09. The monoisotopic (exact) mass is 409 g/mol. The van der Waals surface area contributed by atoms with Crippen LogP contribution in [0, 0.1) is 5.92 Å². The van der Waals surface area contributed by atoms with Gasteiger partial charge in [0.25, 0.3) is 5.88 Å². The van der Waals surface area contributed by atoms with Crippen LogP contribution >= 0.6 is 0 Å². The summed E-state index contributed by atoms with van der Waals surface area (Å²) in [6, 6.07) is 9.52. The number of anilines is 2. The van der Waals surface area contributed by atoms with Gasteiger partial charge in [-0.2, -0.15) is 0 Å². The molecule has 1 aromatic carbocycles. The van der Waals surface area contributed by atoms with Crippen LogP contribution in [-0.2, 0) is 9.59 Å². The predicted octanol–water partition coefficient (Wildman–Crippen LogP) is 1.97. The van der Waals surface area contributed by atoms with Gasteiger partial charge in [0.15, 0.2) is 5.82 Å². The van der Waals surface area contributed by atoms with Crippen molar-refractivity contribution >= 4 is 23.3 Å². The van der Waals surface area contributed by atoms with Crippen LogP contribution < -0.4 is 14.5 Å². The van der Waals surface area contributed by atoms with Crippen LogP contribution in [-0.4, -0.2) is 66.5 Å². The molecule has 2 unspecified atom stereocenters. The maximum atomic E-state index is 13.2. The molecule has 2 aliphatic heterocycles. The maximum absolute atomic E-state index is 13.2. The topological polar surface area (TPSA) is 78.9 Å². The number of rotatable bonds is 5. The van der Waals surface area contributed by atoms with E-state index in [0.717, 1.165) is 18.5 Å². The zero-order valence-electron chi connectivity index (χ0n) is 17.4. The van der Waals surface area contributed by atoms with Crippen molar-refractivity contribution in [2.24, 2.45) is 5.92 Å². The number of nitrogens with zero attached hydrogens (tertiary/aromatic N) is 5. The highest BCUT2D eigenvalue weighted by Crippen LogP contribution is 2.28. The summed E-state index contributed by atoms with van der Waals surface area (Å²) in [5.41, 5.74) is 0.844. The first-order chi connectivity index (χ1) is 14.5. The van der Waals surface area contributed by atoms with Gasteiger partial charge in [0.1, 0.15) is 6.10 Å². The predicted molar refractivity (Wildman–Crippen MR) is 113 cm³/mol. The maximum Gasteiger partial charge on any atom is 0.257 e. The van der Waals surface area contributed by atoms with Gasteiger partial charge in [0.05, 0.1) is 12.5 Å². The number of aromatic nitrogens is 2. The Morgan fingerprint density at radius 2 is 1.90 bits per heavy atom. The van der Waals surface area contributed by atoms with Crippen molar-refractivity contribution in [2.45, 2.75) is 25.4 Å². The summed E-state index contributed by atoms with van der Waals surface area (Å²) in [5, 5.41) is 0. The fourth-order valence-electron chi connectivity index (χ4n) is 4.09. The summed E-state index contributed by atoms with van der Waals surface area (Å²) in [5.74, 6) is 0.862. The average molecular weight is 409 g/mol. The molecule has 0 aliphatic carbocycles. The van der Waals surface area contributed by atoms with Crippen molar-refractivity contribution in [2.75, 3.05) is 43.5 Å². The van der Waals surface area contributed by atoms with Crippen LogP contribution in [0.1, 0.15) is 19.3 Å². The van der Waals surface area contributed by atoms with Crippen LogP contribution in [0.5, 0.6) is 5.88 Å². The lowest BCUT2D eigenvalue weighted by atomic mass is 10.0. The van der Waals surface area contributed by atoms with Gasteiger partial charge in [-0.1, -0.05) is 18.2 Å². The number of carbonyl (C=O) groups is 2. The Kier molecular flexibility index (Phi) is 5.83. The van der Waals surface area contributed by atoms with Gasteiger partial charge >= 0.3 is 0 Å². The van der Waals surface area contributed by atoms with E-state index in [9.17, 15) is 9.59 Å². The second-order valence-corrected chi connectivity index (χ2v) is 7.99. The van der Waals surface area contributed by atoms with Crippen molar-refractivity contribution in [3.8, 4) is 5.88 Å². The first-order valence-corrected chi connectivity index (χ1v) is 10.3. The Morgan fingerprint density at radius 1 is 1.13 bits per heavy atom. The smallest absolute Gasteiger partial charge is 0.257 e. The molecule has 0 spiro atoms. The molecule has 0 bridgehead atoms.